The van der Waals surface area contributed by atoms with Crippen molar-refractivity contribution in [3.8, 4) is 0 Å². The Morgan fingerprint density at radius 2 is 1.76 bits per heavy atom. The van der Waals surface area contributed by atoms with Crippen LogP contribution in [0.2, 0.25) is 0 Å². The van der Waals surface area contributed by atoms with Gasteiger partial charge in [0.25, 0.3) is 11.6 Å². The maximum atomic E-state index is 13.8. The van der Waals surface area contributed by atoms with Crippen molar-refractivity contribution in [2.45, 2.75) is 32.2 Å². The first-order valence-electron chi connectivity index (χ1n) is 9.88. The van der Waals surface area contributed by atoms with Crippen LogP contribution >= 0.6 is 0 Å². The second kappa shape index (κ2) is 7.17. The monoisotopic (exact) mass is 383 g/mol. The number of aryl methyl sites for hydroxylation is 1. The fourth-order valence-corrected chi connectivity index (χ4v) is 3.67. The largest absolute Gasteiger partial charge is 0.336 e. The molecular weight excluding hydrogens is 362 g/mol. The summed E-state index contributed by atoms with van der Waals surface area (Å²) in [6, 6.07) is 21.7. The molecule has 4 aromatic rings. The zero-order valence-corrected chi connectivity index (χ0v) is 16.2. The first kappa shape index (κ1) is 17.6. The fourth-order valence-electron chi connectivity index (χ4n) is 3.67. The topological polar surface area (TPSA) is 59.2 Å². The first-order valence-corrected chi connectivity index (χ1v) is 9.88. The number of hydrogen-bond donors (Lipinski definition) is 0. The van der Waals surface area contributed by atoms with Gasteiger partial charge in [-0.05, 0) is 43.5 Å². The molecule has 144 valence electrons. The molecule has 0 radical (unpaired) electrons. The highest BCUT2D eigenvalue weighted by Gasteiger charge is 2.30. The van der Waals surface area contributed by atoms with Crippen molar-refractivity contribution in [3.05, 3.63) is 89.2 Å². The zero-order valence-electron chi connectivity index (χ0n) is 16.2. The van der Waals surface area contributed by atoms with E-state index >= 15 is 0 Å². The zero-order chi connectivity index (χ0) is 19.8. The molecule has 2 heterocycles. The normalized spacial score (nSPS) is 13.6. The van der Waals surface area contributed by atoms with E-state index in [9.17, 15) is 4.79 Å². The van der Waals surface area contributed by atoms with E-state index < -0.39 is 0 Å². The smallest absolute Gasteiger partial charge is 0.259 e. The Bertz CT molecular complexity index is 1160. The molecule has 2 aromatic carbocycles. The third-order valence-corrected chi connectivity index (χ3v) is 5.36. The molecule has 1 amide bonds. The van der Waals surface area contributed by atoms with Crippen molar-refractivity contribution >= 4 is 22.7 Å². The van der Waals surface area contributed by atoms with Crippen LogP contribution in [0.15, 0.2) is 71.3 Å². The molecule has 5 heteroatoms. The molecule has 0 atom stereocenters. The second-order valence-electron chi connectivity index (χ2n) is 7.53. The first-order chi connectivity index (χ1) is 14.2. The molecular formula is C24H21N3O2. The minimum absolute atomic E-state index is 0.0688. The summed E-state index contributed by atoms with van der Waals surface area (Å²) in [5.41, 5.74) is 4.59. The predicted octanol–water partition coefficient (Wildman–Crippen LogP) is 5.26. The summed E-state index contributed by atoms with van der Waals surface area (Å²) in [6.45, 7) is 2.34. The summed E-state index contributed by atoms with van der Waals surface area (Å²) in [4.78, 5) is 20.3. The third kappa shape index (κ3) is 3.40. The molecule has 0 saturated heterocycles. The average Bonchev–Trinajstić information content (AvgIpc) is 3.55. The SMILES string of the molecule is Cc1noc2nc(C3CC3)cc(C(=O)N(Cc3ccccc3)c3ccccc3)c12. The number of carbonyl (C=O) groups is 1. The number of rotatable bonds is 5. The van der Waals surface area contributed by atoms with Crippen LogP contribution in [0.3, 0.4) is 0 Å². The van der Waals surface area contributed by atoms with Gasteiger partial charge in [0.1, 0.15) is 0 Å². The van der Waals surface area contributed by atoms with Crippen LogP contribution in [0.5, 0.6) is 0 Å². The summed E-state index contributed by atoms with van der Waals surface area (Å²) in [7, 11) is 0. The van der Waals surface area contributed by atoms with E-state index in [0.29, 0.717) is 34.8 Å². The maximum Gasteiger partial charge on any atom is 0.259 e. The van der Waals surface area contributed by atoms with Crippen molar-refractivity contribution in [1.82, 2.24) is 10.1 Å². The van der Waals surface area contributed by atoms with Gasteiger partial charge < -0.3 is 9.42 Å². The van der Waals surface area contributed by atoms with Crippen LogP contribution in [0, 0.1) is 6.92 Å². The molecule has 0 N–H and O–H groups in total. The lowest BCUT2D eigenvalue weighted by Crippen LogP contribution is -2.30. The number of nitrogens with zero attached hydrogens (tertiary/aromatic N) is 3. The van der Waals surface area contributed by atoms with Crippen LogP contribution < -0.4 is 4.90 Å². The highest BCUT2D eigenvalue weighted by molar-refractivity contribution is 6.13. The van der Waals surface area contributed by atoms with Gasteiger partial charge in [-0.2, -0.15) is 0 Å². The van der Waals surface area contributed by atoms with Gasteiger partial charge >= 0.3 is 0 Å². The van der Waals surface area contributed by atoms with Gasteiger partial charge in [-0.15, -0.1) is 0 Å². The van der Waals surface area contributed by atoms with Crippen LogP contribution in [0.4, 0.5) is 5.69 Å². The molecule has 1 aliphatic rings. The summed E-state index contributed by atoms with van der Waals surface area (Å²) in [5.74, 6) is 0.344. The number of aromatic nitrogens is 2. The van der Waals surface area contributed by atoms with Crippen LogP contribution in [0.1, 0.15) is 46.1 Å². The lowest BCUT2D eigenvalue weighted by Gasteiger charge is -2.23. The Morgan fingerprint density at radius 1 is 1.07 bits per heavy atom. The van der Waals surface area contributed by atoms with Gasteiger partial charge in [-0.3, -0.25) is 4.79 Å². The molecule has 2 aromatic heterocycles. The van der Waals surface area contributed by atoms with Gasteiger partial charge in [-0.1, -0.05) is 53.7 Å². The molecule has 1 saturated carbocycles. The molecule has 0 aliphatic heterocycles. The Balaban J connectivity index is 1.63. The number of amides is 1. The Labute approximate surface area is 169 Å². The lowest BCUT2D eigenvalue weighted by atomic mass is 10.1. The lowest BCUT2D eigenvalue weighted by molar-refractivity contribution is 0.0986. The summed E-state index contributed by atoms with van der Waals surface area (Å²) in [6.07, 6.45) is 2.21. The number of para-hydroxylation sites is 1. The summed E-state index contributed by atoms with van der Waals surface area (Å²) >= 11 is 0. The molecule has 29 heavy (non-hydrogen) atoms. The number of fused-ring (bicyclic) bond motifs is 1. The van der Waals surface area contributed by atoms with E-state index in [4.69, 9.17) is 4.52 Å². The molecule has 1 aliphatic carbocycles. The summed E-state index contributed by atoms with van der Waals surface area (Å²) in [5, 5.41) is 4.77. The molecule has 0 bridgehead atoms. The number of pyridine rings is 1. The minimum Gasteiger partial charge on any atom is -0.336 e. The molecule has 0 spiro atoms. The second-order valence-corrected chi connectivity index (χ2v) is 7.53. The van der Waals surface area contributed by atoms with Crippen molar-refractivity contribution in [2.75, 3.05) is 4.90 Å². The van der Waals surface area contributed by atoms with Gasteiger partial charge in [0.2, 0.25) is 0 Å². The maximum absolute atomic E-state index is 13.8. The van der Waals surface area contributed by atoms with Crippen LogP contribution in [-0.2, 0) is 6.54 Å². The van der Waals surface area contributed by atoms with Crippen molar-refractivity contribution in [1.29, 1.82) is 0 Å². The highest BCUT2D eigenvalue weighted by atomic mass is 16.5. The van der Waals surface area contributed by atoms with Crippen LogP contribution in [0.25, 0.3) is 11.1 Å². The van der Waals surface area contributed by atoms with E-state index in [1.54, 1.807) is 0 Å². The Morgan fingerprint density at radius 3 is 2.45 bits per heavy atom. The number of benzene rings is 2. The Hall–Kier alpha value is -3.47. The van der Waals surface area contributed by atoms with Crippen molar-refractivity contribution in [2.24, 2.45) is 0 Å². The van der Waals surface area contributed by atoms with Crippen molar-refractivity contribution < 1.29 is 9.32 Å². The third-order valence-electron chi connectivity index (χ3n) is 5.36. The van der Waals surface area contributed by atoms with E-state index in [1.807, 2.05) is 78.6 Å². The van der Waals surface area contributed by atoms with Crippen LogP contribution in [-0.4, -0.2) is 16.0 Å². The summed E-state index contributed by atoms with van der Waals surface area (Å²) < 4.78 is 5.43. The van der Waals surface area contributed by atoms with Gasteiger partial charge in [0.15, 0.2) is 0 Å². The number of carbonyl (C=O) groups excluding carboxylic acids is 1. The highest BCUT2D eigenvalue weighted by Crippen LogP contribution is 2.40. The van der Waals surface area contributed by atoms with Gasteiger partial charge in [0.05, 0.1) is 23.2 Å². The molecule has 1 fully saturated rings. The van der Waals surface area contributed by atoms with E-state index in [0.717, 1.165) is 29.8 Å². The average molecular weight is 383 g/mol. The molecule has 5 nitrogen and oxygen atoms in total. The van der Waals surface area contributed by atoms with E-state index in [-0.39, 0.29) is 5.91 Å². The predicted molar refractivity (Wildman–Crippen MR) is 112 cm³/mol. The van der Waals surface area contributed by atoms with Gasteiger partial charge in [-0.25, -0.2) is 4.98 Å². The van der Waals surface area contributed by atoms with E-state index in [1.165, 1.54) is 0 Å². The van der Waals surface area contributed by atoms with Crippen molar-refractivity contribution in [3.63, 3.8) is 0 Å². The number of hydrogen-bond acceptors (Lipinski definition) is 4. The molecule has 5 rings (SSSR count). The van der Waals surface area contributed by atoms with Gasteiger partial charge in [0, 0.05) is 17.3 Å². The standard InChI is InChI=1S/C24H21N3O2/c1-16-22-20(14-21(18-12-13-18)25-23(22)29-26-16)24(28)27(19-10-6-3-7-11-19)15-17-8-4-2-5-9-17/h2-11,14,18H,12-13,15H2,1H3. The minimum atomic E-state index is -0.0688. The number of anilines is 1. The van der Waals surface area contributed by atoms with E-state index in [2.05, 4.69) is 10.1 Å². The fraction of sp³-hybridized carbons (Fsp3) is 0.208. The molecule has 0 unspecified atom stereocenters. The quantitative estimate of drug-likeness (QED) is 0.472. The Kier molecular flexibility index (Phi) is 4.35.